The molecule has 1 saturated carbocycles. The van der Waals surface area contributed by atoms with Crippen LogP contribution < -0.4 is 5.32 Å². The third-order valence-electron chi connectivity index (χ3n) is 4.37. The van der Waals surface area contributed by atoms with E-state index in [9.17, 15) is 14.9 Å². The zero-order chi connectivity index (χ0) is 14.8. The third kappa shape index (κ3) is 2.96. The molecule has 0 aromatic heterocycles. The number of rotatable bonds is 3. The normalized spacial score (nSPS) is 28.7. The molecule has 0 unspecified atom stereocenters. The maximum Gasteiger partial charge on any atom is 0.271 e. The number of non-ortho nitro benzene ring substituents is 1. The quantitative estimate of drug-likeness (QED) is 0.525. The van der Waals surface area contributed by atoms with Crippen LogP contribution in [0.2, 0.25) is 0 Å². The Morgan fingerprint density at radius 1 is 1.33 bits per heavy atom. The number of hydrogen-bond acceptors (Lipinski definition) is 3. The van der Waals surface area contributed by atoms with Crippen LogP contribution in [0, 0.1) is 27.9 Å². The minimum absolute atomic E-state index is 0.00508. The molecule has 110 valence electrons. The number of nitro benzene ring substituents is 1. The molecule has 1 aromatic carbocycles. The van der Waals surface area contributed by atoms with Crippen molar-refractivity contribution in [3.8, 4) is 0 Å². The molecule has 1 N–H and O–H groups in total. The Hall–Kier alpha value is -2.17. The van der Waals surface area contributed by atoms with Gasteiger partial charge < -0.3 is 5.32 Å². The summed E-state index contributed by atoms with van der Waals surface area (Å²) < 4.78 is 0. The summed E-state index contributed by atoms with van der Waals surface area (Å²) in [6.45, 7) is 0. The maximum atomic E-state index is 12.3. The Morgan fingerprint density at radius 3 is 3.00 bits per heavy atom. The first kappa shape index (κ1) is 13.8. The van der Waals surface area contributed by atoms with Crippen LogP contribution in [0.25, 0.3) is 0 Å². The number of benzene rings is 1. The van der Waals surface area contributed by atoms with Gasteiger partial charge >= 0.3 is 0 Å². The fourth-order valence-electron chi connectivity index (χ4n) is 3.22. The lowest BCUT2D eigenvalue weighted by atomic mass is 10.1. The van der Waals surface area contributed by atoms with Crippen LogP contribution in [0.5, 0.6) is 0 Å². The third-order valence-corrected chi connectivity index (χ3v) is 4.37. The molecular formula is C16H18N2O3. The molecule has 0 aliphatic heterocycles. The number of amides is 1. The van der Waals surface area contributed by atoms with E-state index in [2.05, 4.69) is 17.5 Å². The minimum atomic E-state index is -0.455. The van der Waals surface area contributed by atoms with Crippen molar-refractivity contribution in [1.29, 1.82) is 0 Å². The summed E-state index contributed by atoms with van der Waals surface area (Å²) in [4.78, 5) is 22.6. The van der Waals surface area contributed by atoms with Crippen molar-refractivity contribution in [2.75, 3.05) is 5.32 Å². The molecule has 5 heteroatoms. The number of nitrogens with one attached hydrogen (secondary N) is 1. The summed E-state index contributed by atoms with van der Waals surface area (Å²) in [5, 5.41) is 13.6. The van der Waals surface area contributed by atoms with Gasteiger partial charge in [0.2, 0.25) is 5.91 Å². The highest BCUT2D eigenvalue weighted by Crippen LogP contribution is 2.51. The fourth-order valence-corrected chi connectivity index (χ4v) is 3.22. The van der Waals surface area contributed by atoms with Crippen LogP contribution in [0.15, 0.2) is 36.4 Å². The van der Waals surface area contributed by atoms with Crippen LogP contribution in [0.3, 0.4) is 0 Å². The fraction of sp³-hybridized carbons (Fsp3) is 0.438. The second-order valence-electron chi connectivity index (χ2n) is 5.78. The summed E-state index contributed by atoms with van der Waals surface area (Å²) in [6.07, 6.45) is 8.91. The summed E-state index contributed by atoms with van der Waals surface area (Å²) in [6, 6.07) is 6.09. The Balaban J connectivity index is 1.67. The molecule has 1 amide bonds. The number of nitro groups is 1. The van der Waals surface area contributed by atoms with Crippen LogP contribution in [-0.4, -0.2) is 10.8 Å². The van der Waals surface area contributed by atoms with Gasteiger partial charge in [-0.2, -0.15) is 0 Å². The highest BCUT2D eigenvalue weighted by Gasteiger charge is 2.52. The highest BCUT2D eigenvalue weighted by molar-refractivity contribution is 5.95. The van der Waals surface area contributed by atoms with E-state index < -0.39 is 4.92 Å². The molecule has 0 spiro atoms. The molecular weight excluding hydrogens is 268 g/mol. The standard InChI is InChI=1S/C16H18N2O3/c19-16(15-13-8-3-1-2-4-9-14(13)15)17-11-6-5-7-12(10-11)18(20)21/h3,5-8,10,13-15H,1-2,4,9H2,(H,17,19)/b8-3-/t13-,14-,15+/m0/s1. The van der Waals surface area contributed by atoms with Gasteiger partial charge in [0.05, 0.1) is 4.92 Å². The number of anilines is 1. The first-order valence-electron chi connectivity index (χ1n) is 7.39. The van der Waals surface area contributed by atoms with Crippen molar-refractivity contribution in [2.24, 2.45) is 17.8 Å². The largest absolute Gasteiger partial charge is 0.326 e. The van der Waals surface area contributed by atoms with Crippen molar-refractivity contribution in [3.63, 3.8) is 0 Å². The monoisotopic (exact) mass is 286 g/mol. The molecule has 3 rings (SSSR count). The SMILES string of the molecule is O=C(Nc1cccc([N+](=O)[O-])c1)[C@@H]1[C@H]2/C=C\CCCC[C@@H]21. The smallest absolute Gasteiger partial charge is 0.271 e. The first-order valence-corrected chi connectivity index (χ1v) is 7.39. The molecule has 3 atom stereocenters. The molecule has 2 aliphatic carbocycles. The molecule has 0 heterocycles. The van der Waals surface area contributed by atoms with Gasteiger partial charge in [0.1, 0.15) is 0 Å². The molecule has 21 heavy (non-hydrogen) atoms. The number of carbonyl (C=O) groups excluding carboxylic acids is 1. The van der Waals surface area contributed by atoms with Crippen LogP contribution in [0.4, 0.5) is 11.4 Å². The van der Waals surface area contributed by atoms with Crippen LogP contribution >= 0.6 is 0 Å². The highest BCUT2D eigenvalue weighted by atomic mass is 16.6. The van der Waals surface area contributed by atoms with E-state index in [1.165, 1.54) is 25.0 Å². The van der Waals surface area contributed by atoms with Gasteiger partial charge in [-0.05, 0) is 37.2 Å². The Kier molecular flexibility index (Phi) is 3.73. The van der Waals surface area contributed by atoms with Gasteiger partial charge in [-0.1, -0.05) is 24.6 Å². The summed E-state index contributed by atoms with van der Waals surface area (Å²) >= 11 is 0. The van der Waals surface area contributed by atoms with Crippen molar-refractivity contribution in [1.82, 2.24) is 0 Å². The topological polar surface area (TPSA) is 72.2 Å². The average Bonchev–Trinajstić information content (AvgIpc) is 3.10. The number of nitrogens with zero attached hydrogens (tertiary/aromatic N) is 1. The lowest BCUT2D eigenvalue weighted by Crippen LogP contribution is -2.15. The van der Waals surface area contributed by atoms with Crippen molar-refractivity contribution < 1.29 is 9.72 Å². The van der Waals surface area contributed by atoms with Gasteiger partial charge in [0, 0.05) is 23.7 Å². The van der Waals surface area contributed by atoms with E-state index in [0.717, 1.165) is 12.8 Å². The van der Waals surface area contributed by atoms with E-state index in [-0.39, 0.29) is 17.5 Å². The predicted octanol–water partition coefficient (Wildman–Crippen LogP) is 3.53. The second-order valence-corrected chi connectivity index (χ2v) is 5.78. The molecule has 1 fully saturated rings. The predicted molar refractivity (Wildman–Crippen MR) is 79.8 cm³/mol. The Morgan fingerprint density at radius 2 is 2.19 bits per heavy atom. The molecule has 5 nitrogen and oxygen atoms in total. The summed E-state index contributed by atoms with van der Waals surface area (Å²) in [5.74, 6) is 0.805. The van der Waals surface area contributed by atoms with Gasteiger partial charge in [0.15, 0.2) is 0 Å². The summed E-state index contributed by atoms with van der Waals surface area (Å²) in [5.41, 5.74) is 0.493. The zero-order valence-electron chi connectivity index (χ0n) is 11.7. The molecule has 0 radical (unpaired) electrons. The van der Waals surface area contributed by atoms with E-state index in [4.69, 9.17) is 0 Å². The van der Waals surface area contributed by atoms with Crippen molar-refractivity contribution in [2.45, 2.75) is 25.7 Å². The number of fused-ring (bicyclic) bond motifs is 1. The number of allylic oxidation sites excluding steroid dienone is 2. The van der Waals surface area contributed by atoms with E-state index in [1.54, 1.807) is 12.1 Å². The zero-order valence-corrected chi connectivity index (χ0v) is 11.7. The van der Waals surface area contributed by atoms with E-state index in [0.29, 0.717) is 17.5 Å². The maximum absolute atomic E-state index is 12.3. The second kappa shape index (κ2) is 5.68. The van der Waals surface area contributed by atoms with E-state index in [1.807, 2.05) is 0 Å². The van der Waals surface area contributed by atoms with Gasteiger partial charge in [-0.15, -0.1) is 0 Å². The van der Waals surface area contributed by atoms with Crippen molar-refractivity contribution >= 4 is 17.3 Å². The average molecular weight is 286 g/mol. The lowest BCUT2D eigenvalue weighted by Gasteiger charge is -2.04. The molecule has 0 bridgehead atoms. The molecule has 1 aromatic rings. The van der Waals surface area contributed by atoms with Crippen molar-refractivity contribution in [3.05, 3.63) is 46.5 Å². The Bertz CT molecular complexity index is 597. The number of carbonyl (C=O) groups is 1. The Labute approximate surface area is 123 Å². The molecule has 2 aliphatic rings. The summed E-state index contributed by atoms with van der Waals surface area (Å²) in [7, 11) is 0. The first-order chi connectivity index (χ1) is 10.2. The molecule has 0 saturated heterocycles. The van der Waals surface area contributed by atoms with Crippen LogP contribution in [0.1, 0.15) is 25.7 Å². The number of hydrogen-bond donors (Lipinski definition) is 1. The van der Waals surface area contributed by atoms with E-state index >= 15 is 0 Å². The van der Waals surface area contributed by atoms with Gasteiger partial charge in [0.25, 0.3) is 5.69 Å². The van der Waals surface area contributed by atoms with Gasteiger partial charge in [-0.25, -0.2) is 0 Å². The van der Waals surface area contributed by atoms with Gasteiger partial charge in [-0.3, -0.25) is 14.9 Å². The lowest BCUT2D eigenvalue weighted by molar-refractivity contribution is -0.384. The van der Waals surface area contributed by atoms with Crippen LogP contribution in [-0.2, 0) is 4.79 Å². The minimum Gasteiger partial charge on any atom is -0.326 e.